The van der Waals surface area contributed by atoms with E-state index in [9.17, 15) is 13.2 Å². The molecule has 3 aromatic rings. The zero-order chi connectivity index (χ0) is 21.2. The van der Waals surface area contributed by atoms with E-state index in [1.807, 2.05) is 6.07 Å². The van der Waals surface area contributed by atoms with Crippen molar-refractivity contribution >= 4 is 21.7 Å². The third-order valence-corrected chi connectivity index (χ3v) is 5.45. The van der Waals surface area contributed by atoms with Crippen molar-refractivity contribution in [2.45, 2.75) is 24.3 Å². The number of nitrogens with zero attached hydrogens (tertiary/aromatic N) is 3. The Morgan fingerprint density at radius 1 is 1.03 bits per heavy atom. The highest BCUT2D eigenvalue weighted by molar-refractivity contribution is 7.90. The lowest BCUT2D eigenvalue weighted by Crippen LogP contribution is -2.32. The molecule has 3 N–H and O–H groups in total. The van der Waals surface area contributed by atoms with E-state index in [1.165, 1.54) is 6.07 Å². The fourth-order valence-electron chi connectivity index (χ4n) is 2.89. The average Bonchev–Trinajstić information content (AvgIpc) is 2.68. The molecule has 0 unspecified atom stereocenters. The molecule has 0 bridgehead atoms. The largest absolute Gasteiger partial charge is 0.366 e. The van der Waals surface area contributed by atoms with E-state index in [-0.39, 0.29) is 4.90 Å². The Labute approximate surface area is 169 Å². The molecule has 8 nitrogen and oxygen atoms in total. The van der Waals surface area contributed by atoms with Crippen molar-refractivity contribution in [3.63, 3.8) is 0 Å². The van der Waals surface area contributed by atoms with Crippen LogP contribution in [0.5, 0.6) is 0 Å². The van der Waals surface area contributed by atoms with E-state index in [2.05, 4.69) is 20.3 Å². The van der Waals surface area contributed by atoms with Gasteiger partial charge in [-0.3, -0.25) is 9.78 Å². The predicted octanol–water partition coefficient (Wildman–Crippen LogP) is 2.39. The van der Waals surface area contributed by atoms with Crippen LogP contribution in [0.4, 0.5) is 5.95 Å². The second-order valence-corrected chi connectivity index (χ2v) is 9.10. The second-order valence-electron chi connectivity index (χ2n) is 7.11. The molecule has 29 heavy (non-hydrogen) atoms. The van der Waals surface area contributed by atoms with Crippen LogP contribution in [0.1, 0.15) is 29.9 Å². The van der Waals surface area contributed by atoms with Crippen LogP contribution in [0.3, 0.4) is 0 Å². The fourth-order valence-corrected chi connectivity index (χ4v) is 3.88. The SMILES string of the molecule is CC(C)(Nc1ncc(-c2cccc(C(N)=O)c2)cn1)c1ncccc1S(C)(=O)=O. The summed E-state index contributed by atoms with van der Waals surface area (Å²) in [5.74, 6) is -0.195. The van der Waals surface area contributed by atoms with Gasteiger partial charge >= 0.3 is 0 Å². The molecule has 1 aromatic carbocycles. The molecule has 0 saturated heterocycles. The van der Waals surface area contributed by atoms with Crippen LogP contribution in [-0.4, -0.2) is 35.5 Å². The molecule has 0 atom stereocenters. The van der Waals surface area contributed by atoms with E-state index in [1.54, 1.807) is 56.7 Å². The number of amides is 1. The van der Waals surface area contributed by atoms with Gasteiger partial charge in [0.1, 0.15) is 0 Å². The minimum absolute atomic E-state index is 0.150. The van der Waals surface area contributed by atoms with Crippen molar-refractivity contribution in [1.29, 1.82) is 0 Å². The van der Waals surface area contributed by atoms with Crippen LogP contribution >= 0.6 is 0 Å². The number of nitrogens with two attached hydrogens (primary N) is 1. The zero-order valence-electron chi connectivity index (χ0n) is 16.2. The van der Waals surface area contributed by atoms with Crippen molar-refractivity contribution in [1.82, 2.24) is 15.0 Å². The molecule has 150 valence electrons. The van der Waals surface area contributed by atoms with Crippen molar-refractivity contribution < 1.29 is 13.2 Å². The molecule has 0 fully saturated rings. The Morgan fingerprint density at radius 3 is 2.34 bits per heavy atom. The Morgan fingerprint density at radius 2 is 1.72 bits per heavy atom. The molecular weight excluding hydrogens is 390 g/mol. The normalized spacial score (nSPS) is 11.8. The topological polar surface area (TPSA) is 128 Å². The number of benzene rings is 1. The first-order valence-corrected chi connectivity index (χ1v) is 10.6. The summed E-state index contributed by atoms with van der Waals surface area (Å²) in [5, 5.41) is 3.13. The first kappa shape index (κ1) is 20.4. The molecule has 0 saturated carbocycles. The summed E-state index contributed by atoms with van der Waals surface area (Å²) in [6.45, 7) is 3.61. The number of anilines is 1. The quantitative estimate of drug-likeness (QED) is 0.637. The molecule has 2 aromatic heterocycles. The number of carbonyl (C=O) groups excluding carboxylic acids is 1. The molecule has 0 aliphatic heterocycles. The maximum Gasteiger partial charge on any atom is 0.248 e. The van der Waals surface area contributed by atoms with Gasteiger partial charge in [-0.05, 0) is 43.7 Å². The van der Waals surface area contributed by atoms with Crippen LogP contribution in [-0.2, 0) is 15.4 Å². The first-order chi connectivity index (χ1) is 13.6. The maximum absolute atomic E-state index is 12.1. The number of rotatable bonds is 6. The molecule has 9 heteroatoms. The van der Waals surface area contributed by atoms with Gasteiger partial charge in [-0.15, -0.1) is 0 Å². The van der Waals surface area contributed by atoms with Crippen molar-refractivity contribution in [2.24, 2.45) is 5.73 Å². The van der Waals surface area contributed by atoms with E-state index < -0.39 is 21.3 Å². The summed E-state index contributed by atoms with van der Waals surface area (Å²) in [6, 6.07) is 9.98. The van der Waals surface area contributed by atoms with Crippen LogP contribution in [0.25, 0.3) is 11.1 Å². The lowest BCUT2D eigenvalue weighted by atomic mass is 10.00. The fraction of sp³-hybridized carbons (Fsp3) is 0.200. The lowest BCUT2D eigenvalue weighted by Gasteiger charge is -2.27. The Kier molecular flexibility index (Phi) is 5.34. The first-order valence-electron chi connectivity index (χ1n) is 8.74. The highest BCUT2D eigenvalue weighted by atomic mass is 32.2. The summed E-state index contributed by atoms with van der Waals surface area (Å²) in [6.07, 6.45) is 5.92. The van der Waals surface area contributed by atoms with E-state index in [0.717, 1.165) is 11.8 Å². The lowest BCUT2D eigenvalue weighted by molar-refractivity contribution is 0.100. The number of hydrogen-bond acceptors (Lipinski definition) is 7. The molecule has 1 amide bonds. The molecular formula is C20H21N5O3S. The van der Waals surface area contributed by atoms with E-state index in [4.69, 9.17) is 5.73 Å². The van der Waals surface area contributed by atoms with Crippen molar-refractivity contribution in [3.8, 4) is 11.1 Å². The van der Waals surface area contributed by atoms with Gasteiger partial charge in [-0.25, -0.2) is 18.4 Å². The Bertz CT molecular complexity index is 1160. The highest BCUT2D eigenvalue weighted by Crippen LogP contribution is 2.28. The van der Waals surface area contributed by atoms with Crippen LogP contribution in [0.15, 0.2) is 59.9 Å². The molecule has 0 aliphatic rings. The van der Waals surface area contributed by atoms with Crippen molar-refractivity contribution in [2.75, 3.05) is 11.6 Å². The second kappa shape index (κ2) is 7.59. The molecule has 3 rings (SSSR count). The number of hydrogen-bond donors (Lipinski definition) is 2. The molecule has 0 radical (unpaired) electrons. The maximum atomic E-state index is 12.1. The van der Waals surface area contributed by atoms with Gasteiger partial charge in [0.15, 0.2) is 9.84 Å². The van der Waals surface area contributed by atoms with Gasteiger partial charge in [-0.1, -0.05) is 12.1 Å². The molecule has 0 aliphatic carbocycles. The summed E-state index contributed by atoms with van der Waals surface area (Å²) in [5.41, 5.74) is 6.73. The predicted molar refractivity (Wildman–Crippen MR) is 110 cm³/mol. The minimum Gasteiger partial charge on any atom is -0.366 e. The molecule has 0 spiro atoms. The monoisotopic (exact) mass is 411 g/mol. The standard InChI is InChI=1S/C20H21N5O3S/c1-20(2,17-16(29(3,27)28)8-5-9-22-17)25-19-23-11-15(12-24-19)13-6-4-7-14(10-13)18(21)26/h4-12H,1-3H3,(H2,21,26)(H,23,24,25). The van der Waals surface area contributed by atoms with Gasteiger partial charge in [-0.2, -0.15) is 0 Å². The van der Waals surface area contributed by atoms with Gasteiger partial charge < -0.3 is 11.1 Å². The van der Waals surface area contributed by atoms with Crippen LogP contribution < -0.4 is 11.1 Å². The number of aromatic nitrogens is 3. The average molecular weight is 411 g/mol. The summed E-state index contributed by atoms with van der Waals surface area (Å²) < 4.78 is 24.2. The third kappa shape index (κ3) is 4.57. The zero-order valence-corrected chi connectivity index (χ0v) is 17.1. The van der Waals surface area contributed by atoms with Crippen molar-refractivity contribution in [3.05, 3.63) is 66.2 Å². The Balaban J connectivity index is 1.88. The van der Waals surface area contributed by atoms with E-state index in [0.29, 0.717) is 22.8 Å². The number of pyridine rings is 1. The number of nitrogens with one attached hydrogen (secondary N) is 1. The smallest absolute Gasteiger partial charge is 0.248 e. The number of sulfone groups is 1. The van der Waals surface area contributed by atoms with Gasteiger partial charge in [0.25, 0.3) is 0 Å². The Hall–Kier alpha value is -3.33. The number of primary amides is 1. The van der Waals surface area contributed by atoms with E-state index >= 15 is 0 Å². The minimum atomic E-state index is -3.44. The van der Waals surface area contributed by atoms with Gasteiger partial charge in [0, 0.05) is 36.0 Å². The van der Waals surface area contributed by atoms with Gasteiger partial charge in [0.05, 0.1) is 16.1 Å². The van der Waals surface area contributed by atoms with Gasteiger partial charge in [0.2, 0.25) is 11.9 Å². The highest BCUT2D eigenvalue weighted by Gasteiger charge is 2.29. The van der Waals surface area contributed by atoms with Crippen LogP contribution in [0.2, 0.25) is 0 Å². The summed E-state index contributed by atoms with van der Waals surface area (Å²) >= 11 is 0. The summed E-state index contributed by atoms with van der Waals surface area (Å²) in [4.78, 5) is 24.4. The number of carbonyl (C=O) groups is 1. The van der Waals surface area contributed by atoms with Crippen LogP contribution in [0, 0.1) is 0 Å². The molecule has 2 heterocycles. The summed E-state index contributed by atoms with van der Waals surface area (Å²) in [7, 11) is -3.44. The third-order valence-electron chi connectivity index (χ3n) is 4.32.